The summed E-state index contributed by atoms with van der Waals surface area (Å²) in [5.74, 6) is 1.64. The van der Waals surface area contributed by atoms with Crippen molar-refractivity contribution >= 4 is 10.9 Å². The van der Waals surface area contributed by atoms with Crippen LogP contribution in [0.3, 0.4) is 0 Å². The maximum atomic E-state index is 12.5. The lowest BCUT2D eigenvalue weighted by Crippen LogP contribution is -2.13. The smallest absolute Gasteiger partial charge is 0.260 e. The van der Waals surface area contributed by atoms with Gasteiger partial charge in [-0.1, -0.05) is 42.5 Å². The second kappa shape index (κ2) is 7.09. The van der Waals surface area contributed by atoms with E-state index in [0.717, 1.165) is 11.1 Å². The third kappa shape index (κ3) is 3.39. The average molecular weight is 380 g/mol. The zero-order chi connectivity index (χ0) is 19.6. The predicted octanol–water partition coefficient (Wildman–Crippen LogP) is 4.57. The second-order valence-electron chi connectivity index (χ2n) is 6.52. The number of rotatable bonds is 4. The number of nitrogens with zero attached hydrogens (tertiary/aromatic N) is 3. The van der Waals surface area contributed by atoms with Gasteiger partial charge in [-0.2, -0.15) is 5.10 Å². The molecule has 5 rings (SSSR count). The van der Waals surface area contributed by atoms with Crippen molar-refractivity contribution in [1.82, 2.24) is 19.7 Å². The number of hydrogen-bond donors (Lipinski definition) is 1. The molecule has 2 heterocycles. The van der Waals surface area contributed by atoms with E-state index in [-0.39, 0.29) is 5.56 Å². The van der Waals surface area contributed by atoms with Gasteiger partial charge in [-0.25, -0.2) is 9.67 Å². The molecule has 0 aliphatic carbocycles. The van der Waals surface area contributed by atoms with Crippen molar-refractivity contribution in [1.29, 1.82) is 0 Å². The summed E-state index contributed by atoms with van der Waals surface area (Å²) >= 11 is 0. The quantitative estimate of drug-likeness (QED) is 0.496. The van der Waals surface area contributed by atoms with Crippen LogP contribution in [0.4, 0.5) is 0 Å². The predicted molar refractivity (Wildman–Crippen MR) is 111 cm³/mol. The fourth-order valence-electron chi connectivity index (χ4n) is 3.18. The lowest BCUT2D eigenvalue weighted by atomic mass is 10.1. The van der Waals surface area contributed by atoms with E-state index in [9.17, 15) is 4.79 Å². The van der Waals surface area contributed by atoms with Gasteiger partial charge in [-0.15, -0.1) is 0 Å². The Labute approximate surface area is 166 Å². The molecule has 0 saturated carbocycles. The van der Waals surface area contributed by atoms with Crippen LogP contribution in [-0.2, 0) is 0 Å². The van der Waals surface area contributed by atoms with E-state index in [1.54, 1.807) is 36.7 Å². The molecule has 0 atom stereocenters. The number of aromatic nitrogens is 4. The summed E-state index contributed by atoms with van der Waals surface area (Å²) in [6.45, 7) is 0. The maximum absolute atomic E-state index is 12.5. The lowest BCUT2D eigenvalue weighted by molar-refractivity contribution is 0.483. The van der Waals surface area contributed by atoms with Crippen molar-refractivity contribution in [2.75, 3.05) is 0 Å². The first-order chi connectivity index (χ1) is 14.3. The molecular formula is C23H16N4O2. The Morgan fingerprint density at radius 1 is 0.828 bits per heavy atom. The largest absolute Gasteiger partial charge is 0.457 e. The zero-order valence-electron chi connectivity index (χ0n) is 15.3. The minimum absolute atomic E-state index is 0.246. The third-order valence-electron chi connectivity index (χ3n) is 4.56. The highest BCUT2D eigenvalue weighted by Crippen LogP contribution is 2.28. The number of ether oxygens (including phenoxy) is 1. The van der Waals surface area contributed by atoms with E-state index < -0.39 is 0 Å². The molecule has 0 aliphatic heterocycles. The average Bonchev–Trinajstić information content (AvgIpc) is 3.30. The van der Waals surface area contributed by atoms with Gasteiger partial charge in [0.1, 0.15) is 11.5 Å². The maximum Gasteiger partial charge on any atom is 0.260 e. The molecule has 5 aromatic rings. The van der Waals surface area contributed by atoms with Crippen LogP contribution < -0.4 is 10.3 Å². The van der Waals surface area contributed by atoms with Crippen LogP contribution in [0, 0.1) is 0 Å². The van der Waals surface area contributed by atoms with Gasteiger partial charge in [0.15, 0.2) is 0 Å². The second-order valence-corrected chi connectivity index (χ2v) is 6.52. The lowest BCUT2D eigenvalue weighted by Gasteiger charge is -2.09. The highest BCUT2D eigenvalue weighted by Gasteiger charge is 2.08. The fourth-order valence-corrected chi connectivity index (χ4v) is 3.18. The van der Waals surface area contributed by atoms with Crippen LogP contribution >= 0.6 is 0 Å². The number of hydrogen-bond acceptors (Lipinski definition) is 4. The molecule has 0 fully saturated rings. The molecule has 0 unspecified atom stereocenters. The molecule has 6 heteroatoms. The normalized spacial score (nSPS) is 10.9. The molecule has 0 amide bonds. The van der Waals surface area contributed by atoms with Crippen LogP contribution in [0.25, 0.3) is 28.0 Å². The van der Waals surface area contributed by atoms with Crippen molar-refractivity contribution in [3.05, 3.63) is 102 Å². The molecule has 0 spiro atoms. The SMILES string of the molecule is O=c1[nH]c(-n2cccn2)nc2ccc(Oc3cccc(-c4ccccc4)c3)cc12. The number of benzene rings is 3. The number of aromatic amines is 1. The van der Waals surface area contributed by atoms with Crippen molar-refractivity contribution in [3.8, 4) is 28.6 Å². The number of H-pyrrole nitrogens is 1. The highest BCUT2D eigenvalue weighted by molar-refractivity contribution is 5.79. The molecular weight excluding hydrogens is 364 g/mol. The summed E-state index contributed by atoms with van der Waals surface area (Å²) in [6, 6.07) is 25.0. The van der Waals surface area contributed by atoms with E-state index in [0.29, 0.717) is 28.4 Å². The molecule has 1 N–H and O–H groups in total. The Bertz CT molecular complexity index is 1340. The Morgan fingerprint density at radius 2 is 1.66 bits per heavy atom. The van der Waals surface area contributed by atoms with Crippen molar-refractivity contribution in [2.45, 2.75) is 0 Å². The summed E-state index contributed by atoms with van der Waals surface area (Å²) in [4.78, 5) is 19.8. The van der Waals surface area contributed by atoms with Crippen LogP contribution in [-0.4, -0.2) is 19.7 Å². The van der Waals surface area contributed by atoms with Gasteiger partial charge in [-0.05, 0) is 47.5 Å². The molecule has 3 aromatic carbocycles. The van der Waals surface area contributed by atoms with E-state index in [2.05, 4.69) is 27.2 Å². The molecule has 0 aliphatic rings. The zero-order valence-corrected chi connectivity index (χ0v) is 15.3. The van der Waals surface area contributed by atoms with Crippen LogP contribution in [0.5, 0.6) is 11.5 Å². The van der Waals surface area contributed by atoms with Crippen molar-refractivity contribution in [3.63, 3.8) is 0 Å². The first kappa shape index (κ1) is 16.9. The first-order valence-corrected chi connectivity index (χ1v) is 9.14. The van der Waals surface area contributed by atoms with Crippen LogP contribution in [0.2, 0.25) is 0 Å². The molecule has 0 bridgehead atoms. The highest BCUT2D eigenvalue weighted by atomic mass is 16.5. The van der Waals surface area contributed by atoms with E-state index in [1.807, 2.05) is 42.5 Å². The summed E-state index contributed by atoms with van der Waals surface area (Å²) < 4.78 is 7.52. The van der Waals surface area contributed by atoms with Gasteiger partial charge < -0.3 is 4.74 Å². The van der Waals surface area contributed by atoms with Gasteiger partial charge in [0.05, 0.1) is 10.9 Å². The summed E-state index contributed by atoms with van der Waals surface area (Å²) in [7, 11) is 0. The van der Waals surface area contributed by atoms with Gasteiger partial charge in [-0.3, -0.25) is 9.78 Å². The third-order valence-corrected chi connectivity index (χ3v) is 4.56. The van der Waals surface area contributed by atoms with Gasteiger partial charge >= 0.3 is 0 Å². The molecule has 6 nitrogen and oxygen atoms in total. The number of nitrogens with one attached hydrogen (secondary N) is 1. The Kier molecular flexibility index (Phi) is 4.14. The standard InChI is InChI=1S/C23H16N4O2/c28-22-20-15-19(10-11-21(20)25-23(26-22)27-13-5-12-24-27)29-18-9-4-8-17(14-18)16-6-2-1-3-7-16/h1-15H,(H,25,26,28). The number of fused-ring (bicyclic) bond motifs is 1. The molecule has 29 heavy (non-hydrogen) atoms. The van der Waals surface area contributed by atoms with Gasteiger partial charge in [0.2, 0.25) is 5.95 Å². The molecule has 140 valence electrons. The Balaban J connectivity index is 1.48. The van der Waals surface area contributed by atoms with E-state index in [4.69, 9.17) is 4.74 Å². The van der Waals surface area contributed by atoms with Crippen molar-refractivity contribution < 1.29 is 4.74 Å². The minimum Gasteiger partial charge on any atom is -0.457 e. The summed E-state index contributed by atoms with van der Waals surface area (Å²) in [5.41, 5.74) is 2.50. The molecule has 0 radical (unpaired) electrons. The Hall–Kier alpha value is -4.19. The first-order valence-electron chi connectivity index (χ1n) is 9.14. The van der Waals surface area contributed by atoms with Gasteiger partial charge in [0, 0.05) is 12.4 Å². The molecule has 0 saturated heterocycles. The Morgan fingerprint density at radius 3 is 2.48 bits per heavy atom. The summed E-state index contributed by atoms with van der Waals surface area (Å²) in [6.07, 6.45) is 3.35. The summed E-state index contributed by atoms with van der Waals surface area (Å²) in [5, 5.41) is 4.56. The van der Waals surface area contributed by atoms with E-state index in [1.165, 1.54) is 4.68 Å². The monoisotopic (exact) mass is 380 g/mol. The van der Waals surface area contributed by atoms with Gasteiger partial charge in [0.25, 0.3) is 5.56 Å². The van der Waals surface area contributed by atoms with Crippen LogP contribution in [0.15, 0.2) is 96.1 Å². The van der Waals surface area contributed by atoms with Crippen LogP contribution in [0.1, 0.15) is 0 Å². The topological polar surface area (TPSA) is 72.8 Å². The fraction of sp³-hybridized carbons (Fsp3) is 0. The minimum atomic E-state index is -0.246. The van der Waals surface area contributed by atoms with E-state index >= 15 is 0 Å². The van der Waals surface area contributed by atoms with Crippen molar-refractivity contribution in [2.24, 2.45) is 0 Å². The molecule has 2 aromatic heterocycles.